The van der Waals surface area contributed by atoms with Gasteiger partial charge in [-0.05, 0) is 49.7 Å². The van der Waals surface area contributed by atoms with Crippen molar-refractivity contribution in [3.8, 4) is 11.5 Å². The van der Waals surface area contributed by atoms with Crippen LogP contribution in [0.3, 0.4) is 0 Å². The molecule has 1 N–H and O–H groups in total. The van der Waals surface area contributed by atoms with Crippen LogP contribution in [0.1, 0.15) is 22.8 Å². The first-order chi connectivity index (χ1) is 11.5. The third kappa shape index (κ3) is 4.52. The van der Waals surface area contributed by atoms with E-state index in [0.717, 1.165) is 5.56 Å². The van der Waals surface area contributed by atoms with Gasteiger partial charge >= 0.3 is 0 Å². The lowest BCUT2D eigenvalue weighted by atomic mass is 10.1. The highest BCUT2D eigenvalue weighted by Gasteiger charge is 2.12. The lowest BCUT2D eigenvalue weighted by molar-refractivity contribution is 0.102. The minimum atomic E-state index is -0.244. The second kappa shape index (κ2) is 8.41. The van der Waals surface area contributed by atoms with Crippen LogP contribution in [0.4, 0.5) is 5.69 Å². The minimum absolute atomic E-state index is 0.244. The van der Waals surface area contributed by atoms with E-state index in [1.807, 2.05) is 26.0 Å². The van der Waals surface area contributed by atoms with Crippen LogP contribution in [0.2, 0.25) is 5.02 Å². The van der Waals surface area contributed by atoms with E-state index in [0.29, 0.717) is 41.0 Å². The number of benzene rings is 2. The highest BCUT2D eigenvalue weighted by atomic mass is 35.5. The number of carbonyl (C=O) groups is 1. The number of hydrogen-bond acceptors (Lipinski definition) is 3. The van der Waals surface area contributed by atoms with Crippen LogP contribution < -0.4 is 14.8 Å². The molecule has 0 saturated heterocycles. The Balaban J connectivity index is 2.20. The minimum Gasteiger partial charge on any atom is -0.490 e. The molecular weight excluding hydrogens is 326 g/mol. The van der Waals surface area contributed by atoms with Crippen LogP contribution in [0, 0.1) is 6.92 Å². The molecule has 0 bridgehead atoms. The summed E-state index contributed by atoms with van der Waals surface area (Å²) in [5.74, 6) is 0.853. The normalized spacial score (nSPS) is 10.1. The van der Waals surface area contributed by atoms with Gasteiger partial charge < -0.3 is 14.8 Å². The Labute approximate surface area is 147 Å². The third-order valence-corrected chi connectivity index (χ3v) is 3.70. The van der Waals surface area contributed by atoms with Crippen molar-refractivity contribution >= 4 is 23.2 Å². The fourth-order valence-electron chi connectivity index (χ4n) is 2.06. The predicted molar refractivity (Wildman–Crippen MR) is 97.4 cm³/mol. The Bertz CT molecular complexity index is 743. The number of aryl methyl sites for hydroxylation is 1. The van der Waals surface area contributed by atoms with Gasteiger partial charge in [0.05, 0.1) is 6.61 Å². The number of hydrogen-bond donors (Lipinski definition) is 1. The largest absolute Gasteiger partial charge is 0.490 e. The number of ether oxygens (including phenoxy) is 2. The summed E-state index contributed by atoms with van der Waals surface area (Å²) in [5.41, 5.74) is 2.07. The first-order valence-corrected chi connectivity index (χ1v) is 8.01. The number of halogens is 1. The highest BCUT2D eigenvalue weighted by molar-refractivity contribution is 6.31. The molecule has 0 atom stereocenters. The molecule has 2 rings (SSSR count). The average molecular weight is 346 g/mol. The van der Waals surface area contributed by atoms with Gasteiger partial charge in [0, 0.05) is 16.3 Å². The molecule has 24 heavy (non-hydrogen) atoms. The van der Waals surface area contributed by atoms with E-state index in [2.05, 4.69) is 11.9 Å². The molecule has 0 aliphatic carbocycles. The van der Waals surface area contributed by atoms with Gasteiger partial charge in [0.25, 0.3) is 5.91 Å². The van der Waals surface area contributed by atoms with E-state index in [4.69, 9.17) is 21.1 Å². The van der Waals surface area contributed by atoms with Crippen molar-refractivity contribution in [2.24, 2.45) is 0 Å². The number of carbonyl (C=O) groups excluding carboxylic acids is 1. The van der Waals surface area contributed by atoms with Crippen molar-refractivity contribution in [3.05, 3.63) is 65.2 Å². The van der Waals surface area contributed by atoms with Gasteiger partial charge in [-0.15, -0.1) is 0 Å². The Kier molecular flexibility index (Phi) is 6.27. The van der Waals surface area contributed by atoms with Gasteiger partial charge in [-0.3, -0.25) is 4.79 Å². The van der Waals surface area contributed by atoms with Crippen molar-refractivity contribution in [2.75, 3.05) is 18.5 Å². The van der Waals surface area contributed by atoms with Crippen LogP contribution in [0.15, 0.2) is 49.1 Å². The summed E-state index contributed by atoms with van der Waals surface area (Å²) in [4.78, 5) is 12.4. The molecule has 126 valence electrons. The summed E-state index contributed by atoms with van der Waals surface area (Å²) < 4.78 is 11.1. The van der Waals surface area contributed by atoms with Gasteiger partial charge in [0.2, 0.25) is 0 Å². The number of rotatable bonds is 7. The fraction of sp³-hybridized carbons (Fsp3) is 0.211. The Morgan fingerprint density at radius 1 is 1.21 bits per heavy atom. The number of nitrogens with one attached hydrogen (secondary N) is 1. The molecule has 0 fully saturated rings. The summed E-state index contributed by atoms with van der Waals surface area (Å²) in [6, 6.07) is 10.4. The van der Waals surface area contributed by atoms with Gasteiger partial charge in [-0.2, -0.15) is 0 Å². The van der Waals surface area contributed by atoms with Crippen molar-refractivity contribution in [1.29, 1.82) is 0 Å². The molecule has 0 aromatic heterocycles. The standard InChI is InChI=1S/C19H20ClNO3/c1-4-10-24-17-9-7-14(11-18(17)23-5-2)19(22)21-15-8-6-13(3)16(20)12-15/h4,6-9,11-12H,1,5,10H2,2-3H3,(H,21,22). The van der Waals surface area contributed by atoms with Gasteiger partial charge in [0.15, 0.2) is 11.5 Å². The average Bonchev–Trinajstić information content (AvgIpc) is 2.57. The van der Waals surface area contributed by atoms with E-state index in [-0.39, 0.29) is 5.91 Å². The van der Waals surface area contributed by atoms with Gasteiger partial charge in [-0.1, -0.05) is 30.3 Å². The lowest BCUT2D eigenvalue weighted by Gasteiger charge is -2.13. The van der Waals surface area contributed by atoms with E-state index in [1.165, 1.54) is 0 Å². The SMILES string of the molecule is C=CCOc1ccc(C(=O)Nc2ccc(C)c(Cl)c2)cc1OCC. The maximum absolute atomic E-state index is 12.4. The first kappa shape index (κ1) is 17.9. The molecule has 0 aliphatic rings. The van der Waals surface area contributed by atoms with Gasteiger partial charge in [-0.25, -0.2) is 0 Å². The van der Waals surface area contributed by atoms with E-state index in [9.17, 15) is 4.79 Å². The summed E-state index contributed by atoms with van der Waals surface area (Å²) in [7, 11) is 0. The fourth-order valence-corrected chi connectivity index (χ4v) is 2.24. The molecule has 0 heterocycles. The zero-order chi connectivity index (χ0) is 17.5. The summed E-state index contributed by atoms with van der Waals surface area (Å²) in [6.07, 6.45) is 1.65. The number of anilines is 1. The maximum atomic E-state index is 12.4. The van der Waals surface area contributed by atoms with E-state index in [1.54, 1.807) is 30.3 Å². The first-order valence-electron chi connectivity index (χ1n) is 7.63. The molecule has 4 nitrogen and oxygen atoms in total. The molecule has 0 aliphatic heterocycles. The predicted octanol–water partition coefficient (Wildman–Crippen LogP) is 4.86. The van der Waals surface area contributed by atoms with Crippen LogP contribution >= 0.6 is 11.6 Å². The molecule has 1 amide bonds. The van der Waals surface area contributed by atoms with Crippen molar-refractivity contribution in [3.63, 3.8) is 0 Å². The highest BCUT2D eigenvalue weighted by Crippen LogP contribution is 2.29. The molecule has 0 radical (unpaired) electrons. The molecule has 5 heteroatoms. The van der Waals surface area contributed by atoms with E-state index < -0.39 is 0 Å². The Morgan fingerprint density at radius 3 is 2.67 bits per heavy atom. The molecule has 0 unspecified atom stereocenters. The summed E-state index contributed by atoms with van der Waals surface area (Å²) >= 11 is 6.08. The summed E-state index contributed by atoms with van der Waals surface area (Å²) in [6.45, 7) is 8.24. The van der Waals surface area contributed by atoms with Crippen molar-refractivity contribution in [2.45, 2.75) is 13.8 Å². The smallest absolute Gasteiger partial charge is 0.255 e. The summed E-state index contributed by atoms with van der Waals surface area (Å²) in [5, 5.41) is 3.43. The van der Waals surface area contributed by atoms with Crippen LogP contribution in [-0.4, -0.2) is 19.1 Å². The van der Waals surface area contributed by atoms with Crippen LogP contribution in [-0.2, 0) is 0 Å². The Morgan fingerprint density at radius 2 is 2.00 bits per heavy atom. The molecule has 0 spiro atoms. The van der Waals surface area contributed by atoms with Gasteiger partial charge in [0.1, 0.15) is 6.61 Å². The second-order valence-electron chi connectivity index (χ2n) is 5.11. The van der Waals surface area contributed by atoms with Crippen molar-refractivity contribution in [1.82, 2.24) is 0 Å². The Hall–Kier alpha value is -2.46. The molecule has 0 saturated carbocycles. The number of amides is 1. The quantitative estimate of drug-likeness (QED) is 0.729. The molecule has 2 aromatic carbocycles. The zero-order valence-electron chi connectivity index (χ0n) is 13.8. The molecular formula is C19H20ClNO3. The van der Waals surface area contributed by atoms with Crippen LogP contribution in [0.25, 0.3) is 0 Å². The lowest BCUT2D eigenvalue weighted by Crippen LogP contribution is -2.12. The second-order valence-corrected chi connectivity index (χ2v) is 5.52. The van der Waals surface area contributed by atoms with Crippen molar-refractivity contribution < 1.29 is 14.3 Å². The third-order valence-electron chi connectivity index (χ3n) is 3.29. The topological polar surface area (TPSA) is 47.6 Å². The monoisotopic (exact) mass is 345 g/mol. The maximum Gasteiger partial charge on any atom is 0.255 e. The van der Waals surface area contributed by atoms with Crippen LogP contribution in [0.5, 0.6) is 11.5 Å². The molecule has 2 aromatic rings. The van der Waals surface area contributed by atoms with E-state index >= 15 is 0 Å². The zero-order valence-corrected chi connectivity index (χ0v) is 14.5.